The fourth-order valence-corrected chi connectivity index (χ4v) is 2.23. The third kappa shape index (κ3) is 2.19. The van der Waals surface area contributed by atoms with Crippen molar-refractivity contribution in [1.29, 1.82) is 0 Å². The Labute approximate surface area is 114 Å². The van der Waals surface area contributed by atoms with Gasteiger partial charge in [-0.05, 0) is 18.0 Å². The van der Waals surface area contributed by atoms with E-state index in [1.165, 1.54) is 0 Å². The third-order valence-corrected chi connectivity index (χ3v) is 3.17. The molecule has 0 amide bonds. The second-order valence-corrected chi connectivity index (χ2v) is 4.64. The Kier molecular flexibility index (Phi) is 3.16. The molecular formula is C12H14ClN6+. The van der Waals surface area contributed by atoms with E-state index >= 15 is 0 Å². The number of aromatic amines is 2. The van der Waals surface area contributed by atoms with Crippen molar-refractivity contribution in [2.24, 2.45) is 0 Å². The van der Waals surface area contributed by atoms with Crippen LogP contribution in [-0.2, 0) is 6.42 Å². The van der Waals surface area contributed by atoms with Crippen LogP contribution in [0.2, 0.25) is 5.28 Å². The minimum absolute atomic E-state index is 0.199. The summed E-state index contributed by atoms with van der Waals surface area (Å²) < 4.78 is 1.99. The summed E-state index contributed by atoms with van der Waals surface area (Å²) in [5.41, 5.74) is 1.36. The van der Waals surface area contributed by atoms with Gasteiger partial charge in [-0.1, -0.05) is 18.3 Å². The number of nitrogens with zero attached hydrogens (tertiary/aromatic N) is 4. The van der Waals surface area contributed by atoms with Gasteiger partial charge >= 0.3 is 5.28 Å². The standard InChI is InChI=1S/C12H13ClN6/c1-2-3-4-8-14-5-6-19(8)11-9-10(16-7-15-9)17-12(13)18-11/h5-7H,2-4H2,1H3,(H,15,16,17,18)/p+1. The summed E-state index contributed by atoms with van der Waals surface area (Å²) in [5, 5.41) is 0.199. The molecule has 2 N–H and O–H groups in total. The van der Waals surface area contributed by atoms with E-state index in [1.807, 2.05) is 17.0 Å². The summed E-state index contributed by atoms with van der Waals surface area (Å²) in [4.78, 5) is 18.8. The lowest BCUT2D eigenvalue weighted by atomic mass is 10.2. The molecular weight excluding hydrogens is 264 g/mol. The van der Waals surface area contributed by atoms with Gasteiger partial charge in [-0.15, -0.1) is 0 Å². The predicted molar refractivity (Wildman–Crippen MR) is 71.2 cm³/mol. The number of halogens is 1. The Morgan fingerprint density at radius 1 is 1.32 bits per heavy atom. The van der Waals surface area contributed by atoms with Crippen molar-refractivity contribution in [2.45, 2.75) is 26.2 Å². The number of H-pyrrole nitrogens is 2. The number of fused-ring (bicyclic) bond motifs is 1. The predicted octanol–water partition coefficient (Wildman–Crippen LogP) is 1.95. The number of aryl methyl sites for hydroxylation is 1. The molecule has 3 heterocycles. The van der Waals surface area contributed by atoms with Gasteiger partial charge in [0.1, 0.15) is 6.20 Å². The van der Waals surface area contributed by atoms with Crippen LogP contribution in [0.25, 0.3) is 17.0 Å². The van der Waals surface area contributed by atoms with Crippen molar-refractivity contribution in [2.75, 3.05) is 0 Å². The lowest BCUT2D eigenvalue weighted by Crippen LogP contribution is -2.35. The number of aromatic nitrogens is 6. The molecule has 0 atom stereocenters. The first-order chi connectivity index (χ1) is 9.29. The fraction of sp³-hybridized carbons (Fsp3) is 0.333. The van der Waals surface area contributed by atoms with Crippen LogP contribution in [0, 0.1) is 0 Å². The second kappa shape index (κ2) is 4.97. The zero-order valence-corrected chi connectivity index (χ0v) is 11.3. The lowest BCUT2D eigenvalue weighted by molar-refractivity contribution is -0.605. The van der Waals surface area contributed by atoms with Crippen molar-refractivity contribution >= 4 is 22.8 Å². The number of hydrogen-bond acceptors (Lipinski definition) is 3. The Hall–Kier alpha value is -1.95. The van der Waals surface area contributed by atoms with Crippen LogP contribution in [0.15, 0.2) is 18.7 Å². The molecule has 6 nitrogen and oxygen atoms in total. The van der Waals surface area contributed by atoms with E-state index in [-0.39, 0.29) is 5.28 Å². The maximum absolute atomic E-state index is 5.95. The molecule has 0 bridgehead atoms. The lowest BCUT2D eigenvalue weighted by Gasteiger charge is -2.00. The van der Waals surface area contributed by atoms with Crippen LogP contribution in [0.1, 0.15) is 25.6 Å². The molecule has 3 rings (SSSR count). The molecule has 3 aromatic heterocycles. The monoisotopic (exact) mass is 277 g/mol. The highest BCUT2D eigenvalue weighted by atomic mass is 35.5. The van der Waals surface area contributed by atoms with Gasteiger partial charge in [-0.25, -0.2) is 9.55 Å². The Morgan fingerprint density at radius 3 is 3.05 bits per heavy atom. The zero-order valence-electron chi connectivity index (χ0n) is 10.5. The van der Waals surface area contributed by atoms with E-state index in [4.69, 9.17) is 11.6 Å². The second-order valence-electron chi connectivity index (χ2n) is 4.30. The van der Waals surface area contributed by atoms with Gasteiger partial charge in [0, 0.05) is 6.42 Å². The van der Waals surface area contributed by atoms with Gasteiger partial charge in [-0.2, -0.15) is 4.98 Å². The van der Waals surface area contributed by atoms with Crippen molar-refractivity contribution in [3.63, 3.8) is 0 Å². The van der Waals surface area contributed by atoms with E-state index in [9.17, 15) is 0 Å². The molecule has 0 aliphatic rings. The summed E-state index contributed by atoms with van der Waals surface area (Å²) in [7, 11) is 0. The quantitative estimate of drug-likeness (QED) is 0.565. The number of nitrogens with one attached hydrogen (secondary N) is 2. The van der Waals surface area contributed by atoms with Crippen LogP contribution < -0.4 is 4.57 Å². The van der Waals surface area contributed by atoms with Gasteiger partial charge in [-0.3, -0.25) is 4.98 Å². The van der Waals surface area contributed by atoms with E-state index in [0.717, 1.165) is 36.4 Å². The fourth-order valence-electron chi connectivity index (χ4n) is 2.07. The maximum atomic E-state index is 5.95. The van der Waals surface area contributed by atoms with Gasteiger partial charge in [0.05, 0.1) is 12.5 Å². The van der Waals surface area contributed by atoms with Crippen molar-refractivity contribution in [1.82, 2.24) is 24.9 Å². The van der Waals surface area contributed by atoms with Crippen LogP contribution >= 0.6 is 11.6 Å². The number of imidazole rings is 2. The smallest absolute Gasteiger partial charge is 0.301 e. The summed E-state index contributed by atoms with van der Waals surface area (Å²) in [6.45, 7) is 2.17. The maximum Gasteiger partial charge on any atom is 0.301 e. The first-order valence-electron chi connectivity index (χ1n) is 6.24. The molecule has 0 saturated heterocycles. The van der Waals surface area contributed by atoms with Crippen LogP contribution in [0.5, 0.6) is 0 Å². The largest absolute Gasteiger partial charge is 0.338 e. The molecule has 0 unspecified atom stereocenters. The summed E-state index contributed by atoms with van der Waals surface area (Å²) in [6, 6.07) is 0. The first kappa shape index (κ1) is 12.1. The van der Waals surface area contributed by atoms with E-state index in [0.29, 0.717) is 5.65 Å². The topological polar surface area (TPSA) is 74.1 Å². The van der Waals surface area contributed by atoms with Crippen molar-refractivity contribution in [3.8, 4) is 5.82 Å². The summed E-state index contributed by atoms with van der Waals surface area (Å²) in [5.74, 6) is 1.81. The van der Waals surface area contributed by atoms with Crippen LogP contribution in [0.4, 0.5) is 0 Å². The Morgan fingerprint density at radius 2 is 2.21 bits per heavy atom. The SMILES string of the molecule is CCCCc1[nH]cc[n+]1-c1nc(Cl)nc2nc[nH]c12. The molecule has 7 heteroatoms. The number of hydrogen-bond donors (Lipinski definition) is 2. The molecule has 0 fully saturated rings. The molecule has 0 radical (unpaired) electrons. The van der Waals surface area contributed by atoms with E-state index in [1.54, 1.807) is 6.33 Å². The number of unbranched alkanes of at least 4 members (excludes halogenated alkanes) is 1. The highest BCUT2D eigenvalue weighted by molar-refractivity contribution is 6.28. The Balaban J connectivity index is 2.13. The molecule has 0 spiro atoms. The third-order valence-electron chi connectivity index (χ3n) is 3.00. The zero-order chi connectivity index (χ0) is 13.2. The number of rotatable bonds is 4. The minimum Gasteiger partial charge on any atom is -0.338 e. The average Bonchev–Trinajstić information content (AvgIpc) is 3.03. The van der Waals surface area contributed by atoms with Gasteiger partial charge in [0.25, 0.3) is 5.82 Å². The molecule has 0 saturated carbocycles. The highest BCUT2D eigenvalue weighted by Crippen LogP contribution is 2.14. The van der Waals surface area contributed by atoms with Crippen LogP contribution in [0.3, 0.4) is 0 Å². The minimum atomic E-state index is 0.199. The van der Waals surface area contributed by atoms with Crippen molar-refractivity contribution < 1.29 is 4.57 Å². The van der Waals surface area contributed by atoms with E-state index < -0.39 is 0 Å². The average molecular weight is 278 g/mol. The summed E-state index contributed by atoms with van der Waals surface area (Å²) >= 11 is 5.95. The normalized spacial score (nSPS) is 11.3. The van der Waals surface area contributed by atoms with E-state index in [2.05, 4.69) is 31.8 Å². The Bertz CT molecular complexity index is 701. The van der Waals surface area contributed by atoms with Gasteiger partial charge < -0.3 is 4.98 Å². The van der Waals surface area contributed by atoms with Gasteiger partial charge in [0.15, 0.2) is 11.2 Å². The molecule has 0 aliphatic carbocycles. The highest BCUT2D eigenvalue weighted by Gasteiger charge is 2.20. The summed E-state index contributed by atoms with van der Waals surface area (Å²) in [6.07, 6.45) is 8.64. The molecule has 19 heavy (non-hydrogen) atoms. The van der Waals surface area contributed by atoms with Crippen molar-refractivity contribution in [3.05, 3.63) is 29.8 Å². The molecule has 98 valence electrons. The van der Waals surface area contributed by atoms with Crippen LogP contribution in [-0.4, -0.2) is 24.9 Å². The molecule has 3 aromatic rings. The first-order valence-corrected chi connectivity index (χ1v) is 6.62. The van der Waals surface area contributed by atoms with Gasteiger partial charge in [0.2, 0.25) is 5.82 Å². The molecule has 0 aromatic carbocycles. The molecule has 0 aliphatic heterocycles.